The third kappa shape index (κ3) is 6.98. The third-order valence-electron chi connectivity index (χ3n) is 7.39. The Labute approximate surface area is 234 Å². The van der Waals surface area contributed by atoms with E-state index in [0.29, 0.717) is 49.1 Å². The summed E-state index contributed by atoms with van der Waals surface area (Å²) in [5, 5.41) is 0. The van der Waals surface area contributed by atoms with E-state index in [1.54, 1.807) is 12.1 Å². The van der Waals surface area contributed by atoms with Gasteiger partial charge in [-0.2, -0.15) is 0 Å². The lowest BCUT2D eigenvalue weighted by atomic mass is 9.87. The first-order valence-corrected chi connectivity index (χ1v) is 13.5. The maximum Gasteiger partial charge on any atom is 0.573 e. The van der Waals surface area contributed by atoms with Gasteiger partial charge in [-0.3, -0.25) is 14.2 Å². The van der Waals surface area contributed by atoms with Crippen molar-refractivity contribution in [2.45, 2.75) is 44.6 Å². The van der Waals surface area contributed by atoms with E-state index in [1.165, 1.54) is 12.1 Å². The summed E-state index contributed by atoms with van der Waals surface area (Å²) in [6.07, 6.45) is -2.02. The molecule has 3 aromatic carbocycles. The van der Waals surface area contributed by atoms with E-state index in [4.69, 9.17) is 4.74 Å². The largest absolute Gasteiger partial charge is 0.573 e. The van der Waals surface area contributed by atoms with Crippen LogP contribution in [-0.2, 0) is 6.42 Å². The smallest absolute Gasteiger partial charge is 0.489 e. The molecule has 1 heterocycles. The van der Waals surface area contributed by atoms with Crippen LogP contribution in [0.5, 0.6) is 17.2 Å². The molecular formula is C31H29F6NO3. The predicted octanol–water partition coefficient (Wildman–Crippen LogP) is 8.10. The molecule has 0 saturated carbocycles. The number of hydrogen-bond donors (Lipinski definition) is 0. The molecule has 0 amide bonds. The maximum atomic E-state index is 15.3. The van der Waals surface area contributed by atoms with Crippen LogP contribution in [0.1, 0.15) is 47.9 Å². The van der Waals surface area contributed by atoms with Gasteiger partial charge in [-0.05, 0) is 96.3 Å². The highest BCUT2D eigenvalue weighted by atomic mass is 19.4. The van der Waals surface area contributed by atoms with Crippen molar-refractivity contribution in [2.75, 3.05) is 26.3 Å². The van der Waals surface area contributed by atoms with E-state index >= 15 is 4.39 Å². The number of aryl methyl sites for hydroxylation is 1. The van der Waals surface area contributed by atoms with Crippen molar-refractivity contribution in [3.05, 3.63) is 88.7 Å². The lowest BCUT2D eigenvalue weighted by Gasteiger charge is -2.19. The molecule has 1 atom stereocenters. The number of allylic oxidation sites excluding steroid dienone is 1. The molecule has 1 fully saturated rings. The summed E-state index contributed by atoms with van der Waals surface area (Å²) < 4.78 is 89.0. The fraction of sp³-hybridized carbons (Fsp3) is 0.355. The minimum absolute atomic E-state index is 0.0144. The van der Waals surface area contributed by atoms with Gasteiger partial charge >= 0.3 is 6.36 Å². The molecule has 0 N–H and O–H groups in total. The Bertz CT molecular complexity index is 1390. The first kappa shape index (κ1) is 28.9. The Morgan fingerprint density at radius 2 is 1.61 bits per heavy atom. The van der Waals surface area contributed by atoms with Crippen molar-refractivity contribution >= 4 is 11.1 Å². The molecule has 0 bridgehead atoms. The molecule has 1 saturated heterocycles. The van der Waals surface area contributed by atoms with Gasteiger partial charge in [0, 0.05) is 35.8 Å². The topological polar surface area (TPSA) is 30.9 Å². The van der Waals surface area contributed by atoms with Crippen molar-refractivity contribution in [3.63, 3.8) is 0 Å². The Morgan fingerprint density at radius 3 is 2.32 bits per heavy atom. The molecule has 0 radical (unpaired) electrons. The van der Waals surface area contributed by atoms with E-state index in [0.717, 1.165) is 48.3 Å². The number of alkyl halides is 4. The quantitative estimate of drug-likeness (QED) is 0.241. The number of ether oxygens (including phenoxy) is 2. The molecule has 3 aromatic rings. The second-order valence-electron chi connectivity index (χ2n) is 10.2. The fourth-order valence-corrected chi connectivity index (χ4v) is 5.62. The van der Waals surface area contributed by atoms with E-state index in [2.05, 4.69) is 14.6 Å². The Morgan fingerprint density at radius 1 is 0.878 bits per heavy atom. The zero-order chi connectivity index (χ0) is 29.0. The van der Waals surface area contributed by atoms with Crippen molar-refractivity contribution < 1.29 is 40.9 Å². The summed E-state index contributed by atoms with van der Waals surface area (Å²) in [6, 6.07) is 15.3. The summed E-state index contributed by atoms with van der Waals surface area (Å²) >= 11 is 0. The Balaban J connectivity index is 1.50. The van der Waals surface area contributed by atoms with Crippen LogP contribution < -0.4 is 14.4 Å². The van der Waals surface area contributed by atoms with Gasteiger partial charge in [-0.25, -0.2) is 4.39 Å². The summed E-state index contributed by atoms with van der Waals surface area (Å²) in [4.78, 5) is 6.11. The van der Waals surface area contributed by atoms with E-state index < -0.39 is 17.9 Å². The van der Waals surface area contributed by atoms with Crippen molar-refractivity contribution in [1.82, 2.24) is 4.90 Å². The van der Waals surface area contributed by atoms with Crippen LogP contribution in [0.3, 0.4) is 0 Å². The molecule has 0 aromatic heterocycles. The highest BCUT2D eigenvalue weighted by Gasteiger charge is 2.32. The lowest BCUT2D eigenvalue weighted by Crippen LogP contribution is -2.26. The zero-order valence-corrected chi connectivity index (χ0v) is 22.2. The Kier molecular flexibility index (Phi) is 8.77. The zero-order valence-electron chi connectivity index (χ0n) is 22.2. The number of nitrogens with zero attached hydrogens (tertiary/aromatic N) is 1. The number of likely N-dealkylation sites (tertiary alicyclic amines) is 1. The molecule has 2 aliphatic rings. The third-order valence-corrected chi connectivity index (χ3v) is 7.39. The van der Waals surface area contributed by atoms with Crippen LogP contribution in [0.25, 0.3) is 11.1 Å². The van der Waals surface area contributed by atoms with Gasteiger partial charge in [0.05, 0.1) is 6.67 Å². The van der Waals surface area contributed by atoms with E-state index in [1.807, 2.05) is 24.3 Å². The van der Waals surface area contributed by atoms with Gasteiger partial charge in [-0.1, -0.05) is 18.2 Å². The van der Waals surface area contributed by atoms with Gasteiger partial charge in [0.15, 0.2) is 5.75 Å². The maximum absolute atomic E-state index is 15.3. The lowest BCUT2D eigenvalue weighted by molar-refractivity contribution is -0.274. The molecule has 0 unspecified atom stereocenters. The molecule has 10 heteroatoms. The molecular weight excluding hydrogens is 548 g/mol. The standard InChI is InChI=1S/C31H29F6NO3/c32-14-2-15-38-16-13-25(19-38)39-22-7-5-20(6-8-22)30-26-11-10-24(41-37)17-21(26)3-1-4-28(30)27-12-9-23(18-29(27)33)40-31(34,35)36/h5-12,17-18,25H,1-4,13-16,19H2/t25-/m0/s1. The number of halogens is 6. The number of fused-ring (bicyclic) bond motifs is 1. The number of benzene rings is 3. The SMILES string of the molecule is FCCCN1CC[C@H](Oc2ccc(C3=C(c4ccc(OC(F)(F)F)cc4F)CCCc4cc(OF)ccc43)cc2)C1. The summed E-state index contributed by atoms with van der Waals surface area (Å²) in [7, 11) is 0. The van der Waals surface area contributed by atoms with Crippen LogP contribution in [0.4, 0.5) is 26.5 Å². The second-order valence-corrected chi connectivity index (χ2v) is 10.2. The normalized spacial score (nSPS) is 17.8. The number of rotatable bonds is 9. The van der Waals surface area contributed by atoms with Crippen LogP contribution in [0, 0.1) is 5.82 Å². The Hall–Kier alpha value is -3.66. The average molecular weight is 578 g/mol. The van der Waals surface area contributed by atoms with Gasteiger partial charge in [-0.15, -0.1) is 13.2 Å². The molecule has 1 aliphatic carbocycles. The van der Waals surface area contributed by atoms with Gasteiger partial charge in [0.2, 0.25) is 0 Å². The molecule has 218 valence electrons. The number of hydrogen-bond acceptors (Lipinski definition) is 4. The van der Waals surface area contributed by atoms with Crippen LogP contribution in [0.2, 0.25) is 0 Å². The highest BCUT2D eigenvalue weighted by molar-refractivity contribution is 6.00. The first-order valence-electron chi connectivity index (χ1n) is 13.5. The summed E-state index contributed by atoms with van der Waals surface area (Å²) in [5.74, 6) is -0.781. The summed E-state index contributed by atoms with van der Waals surface area (Å²) in [6.45, 7) is 1.91. The molecule has 1 aliphatic heterocycles. The predicted molar refractivity (Wildman–Crippen MR) is 143 cm³/mol. The molecule has 0 spiro atoms. The fourth-order valence-electron chi connectivity index (χ4n) is 5.62. The molecule has 4 nitrogen and oxygen atoms in total. The molecule has 5 rings (SSSR count). The van der Waals surface area contributed by atoms with Crippen LogP contribution in [0.15, 0.2) is 60.7 Å². The first-order chi connectivity index (χ1) is 19.7. The van der Waals surface area contributed by atoms with E-state index in [9.17, 15) is 22.1 Å². The van der Waals surface area contributed by atoms with Crippen LogP contribution >= 0.6 is 0 Å². The summed E-state index contributed by atoms with van der Waals surface area (Å²) in [5.41, 5.74) is 3.77. The van der Waals surface area contributed by atoms with Gasteiger partial charge in [0.25, 0.3) is 0 Å². The molecule has 41 heavy (non-hydrogen) atoms. The van der Waals surface area contributed by atoms with Crippen molar-refractivity contribution in [2.24, 2.45) is 0 Å². The highest BCUT2D eigenvalue weighted by Crippen LogP contribution is 2.42. The van der Waals surface area contributed by atoms with Gasteiger partial charge in [0.1, 0.15) is 23.4 Å². The monoisotopic (exact) mass is 577 g/mol. The van der Waals surface area contributed by atoms with Crippen LogP contribution in [-0.4, -0.2) is 43.7 Å². The minimum Gasteiger partial charge on any atom is -0.489 e. The second kappa shape index (κ2) is 12.5. The van der Waals surface area contributed by atoms with Gasteiger partial charge < -0.3 is 9.47 Å². The van der Waals surface area contributed by atoms with Crippen molar-refractivity contribution in [1.29, 1.82) is 0 Å². The van der Waals surface area contributed by atoms with E-state index in [-0.39, 0.29) is 24.1 Å². The average Bonchev–Trinajstić information content (AvgIpc) is 3.30. The van der Waals surface area contributed by atoms with Crippen molar-refractivity contribution in [3.8, 4) is 17.2 Å². The minimum atomic E-state index is -4.94.